The predicted molar refractivity (Wildman–Crippen MR) is 73.9 cm³/mol. The maximum Gasteiger partial charge on any atom is 0.149 e. The average molecular weight is 292 g/mol. The molecule has 0 aliphatic heterocycles. The predicted octanol–water partition coefficient (Wildman–Crippen LogP) is 2.10. The Kier molecular flexibility index (Phi) is 4.92. The summed E-state index contributed by atoms with van der Waals surface area (Å²) in [5.74, 6) is 1.40. The van der Waals surface area contributed by atoms with Gasteiger partial charge >= 0.3 is 0 Å². The van der Waals surface area contributed by atoms with Gasteiger partial charge in [-0.3, -0.25) is 0 Å². The number of aromatic nitrogens is 2. The van der Waals surface area contributed by atoms with Crippen molar-refractivity contribution in [1.29, 1.82) is 0 Å². The summed E-state index contributed by atoms with van der Waals surface area (Å²) in [5, 5.41) is 3.37. The van der Waals surface area contributed by atoms with Gasteiger partial charge in [0, 0.05) is 24.3 Å². The van der Waals surface area contributed by atoms with E-state index in [0.29, 0.717) is 16.8 Å². The Morgan fingerprint density at radius 1 is 1.33 bits per heavy atom. The van der Waals surface area contributed by atoms with Crippen molar-refractivity contribution in [2.45, 2.75) is 32.7 Å². The second kappa shape index (κ2) is 5.84. The molecule has 0 fully saturated rings. The highest BCUT2D eigenvalue weighted by Gasteiger charge is 2.13. The molecule has 1 unspecified atom stereocenters. The van der Waals surface area contributed by atoms with Gasteiger partial charge in [0.25, 0.3) is 0 Å². The van der Waals surface area contributed by atoms with Crippen LogP contribution >= 0.6 is 11.6 Å². The number of hydrogen-bond donors (Lipinski definition) is 1. The first-order chi connectivity index (χ1) is 8.17. The molecule has 7 heteroatoms. The van der Waals surface area contributed by atoms with E-state index in [2.05, 4.69) is 15.3 Å². The van der Waals surface area contributed by atoms with Gasteiger partial charge in [0.1, 0.15) is 26.6 Å². The summed E-state index contributed by atoms with van der Waals surface area (Å²) in [7, 11) is -3.02. The first-order valence-corrected chi connectivity index (χ1v) is 8.10. The molecule has 1 heterocycles. The number of sulfone groups is 1. The summed E-state index contributed by atoms with van der Waals surface area (Å²) in [4.78, 5) is 8.41. The summed E-state index contributed by atoms with van der Waals surface area (Å²) >= 11 is 5.90. The van der Waals surface area contributed by atoms with Gasteiger partial charge in [-0.1, -0.05) is 25.4 Å². The van der Waals surface area contributed by atoms with Crippen molar-refractivity contribution >= 4 is 27.3 Å². The van der Waals surface area contributed by atoms with Crippen LogP contribution in [0.3, 0.4) is 0 Å². The SMILES string of the molecule is CC(CS(C)(=O)=O)Nc1cc(Cl)nc(C(C)C)n1. The van der Waals surface area contributed by atoms with Crippen molar-refractivity contribution in [3.8, 4) is 0 Å². The lowest BCUT2D eigenvalue weighted by Crippen LogP contribution is -2.25. The van der Waals surface area contributed by atoms with Crippen molar-refractivity contribution < 1.29 is 8.42 Å². The standard InChI is InChI=1S/C11H18ClN3O2S/c1-7(2)11-14-9(12)5-10(15-11)13-8(3)6-18(4,16)17/h5,7-8H,6H2,1-4H3,(H,13,14,15). The molecule has 1 aromatic heterocycles. The average Bonchev–Trinajstić information content (AvgIpc) is 2.12. The van der Waals surface area contributed by atoms with E-state index >= 15 is 0 Å². The molecular formula is C11H18ClN3O2S. The van der Waals surface area contributed by atoms with E-state index in [4.69, 9.17) is 11.6 Å². The Morgan fingerprint density at radius 3 is 2.44 bits per heavy atom. The minimum Gasteiger partial charge on any atom is -0.366 e. The lowest BCUT2D eigenvalue weighted by atomic mass is 10.2. The summed E-state index contributed by atoms with van der Waals surface area (Å²) in [6.07, 6.45) is 1.21. The highest BCUT2D eigenvalue weighted by Crippen LogP contribution is 2.17. The van der Waals surface area contributed by atoms with Gasteiger partial charge in [-0.05, 0) is 6.92 Å². The molecule has 0 aliphatic carbocycles. The van der Waals surface area contributed by atoms with Crippen LogP contribution in [0.25, 0.3) is 0 Å². The smallest absolute Gasteiger partial charge is 0.149 e. The molecule has 0 saturated heterocycles. The number of nitrogens with one attached hydrogen (secondary N) is 1. The first kappa shape index (κ1) is 15.2. The number of rotatable bonds is 5. The van der Waals surface area contributed by atoms with Crippen LogP contribution in [0.2, 0.25) is 5.15 Å². The van der Waals surface area contributed by atoms with Crippen LogP contribution in [0.15, 0.2) is 6.07 Å². The topological polar surface area (TPSA) is 72.0 Å². The number of anilines is 1. The Hall–Kier alpha value is -0.880. The number of hydrogen-bond acceptors (Lipinski definition) is 5. The molecule has 1 N–H and O–H groups in total. The Bertz CT molecular complexity index is 517. The zero-order chi connectivity index (χ0) is 13.9. The van der Waals surface area contributed by atoms with Crippen molar-refractivity contribution in [1.82, 2.24) is 9.97 Å². The quantitative estimate of drug-likeness (QED) is 0.841. The number of halogens is 1. The Morgan fingerprint density at radius 2 is 1.94 bits per heavy atom. The van der Waals surface area contributed by atoms with Crippen molar-refractivity contribution in [2.24, 2.45) is 0 Å². The molecule has 0 aliphatic rings. The molecule has 0 radical (unpaired) electrons. The van der Waals surface area contributed by atoms with E-state index in [1.54, 1.807) is 13.0 Å². The maximum absolute atomic E-state index is 11.2. The van der Waals surface area contributed by atoms with Crippen LogP contribution in [0.5, 0.6) is 0 Å². The fourth-order valence-corrected chi connectivity index (χ4v) is 2.70. The molecule has 102 valence electrons. The zero-order valence-electron chi connectivity index (χ0n) is 10.9. The molecule has 0 bridgehead atoms. The Balaban J connectivity index is 2.84. The van der Waals surface area contributed by atoms with Gasteiger partial charge in [-0.2, -0.15) is 0 Å². The van der Waals surface area contributed by atoms with Gasteiger partial charge in [0.05, 0.1) is 5.75 Å². The minimum atomic E-state index is -3.02. The first-order valence-electron chi connectivity index (χ1n) is 5.66. The van der Waals surface area contributed by atoms with Crippen molar-refractivity contribution in [3.05, 3.63) is 17.0 Å². The molecule has 0 spiro atoms. The fourth-order valence-electron chi connectivity index (χ4n) is 1.52. The van der Waals surface area contributed by atoms with Gasteiger partial charge in [0.15, 0.2) is 0 Å². The summed E-state index contributed by atoms with van der Waals surface area (Å²) in [5.41, 5.74) is 0. The van der Waals surface area contributed by atoms with E-state index in [1.165, 1.54) is 6.26 Å². The van der Waals surface area contributed by atoms with E-state index in [0.717, 1.165) is 0 Å². The van der Waals surface area contributed by atoms with E-state index in [9.17, 15) is 8.42 Å². The minimum absolute atomic E-state index is 0.0473. The molecule has 0 aromatic carbocycles. The van der Waals surface area contributed by atoms with E-state index in [-0.39, 0.29) is 17.7 Å². The third kappa shape index (κ3) is 5.18. The second-order valence-electron chi connectivity index (χ2n) is 4.73. The van der Waals surface area contributed by atoms with Crippen LogP contribution < -0.4 is 5.32 Å². The molecule has 0 saturated carbocycles. The number of nitrogens with zero attached hydrogens (tertiary/aromatic N) is 2. The van der Waals surface area contributed by atoms with Crippen LogP contribution in [-0.4, -0.2) is 36.4 Å². The lowest BCUT2D eigenvalue weighted by Gasteiger charge is -2.14. The molecule has 5 nitrogen and oxygen atoms in total. The summed E-state index contributed by atoms with van der Waals surface area (Å²) in [6, 6.07) is 1.36. The third-order valence-corrected chi connectivity index (χ3v) is 3.47. The van der Waals surface area contributed by atoms with Crippen LogP contribution in [0.1, 0.15) is 32.5 Å². The Labute approximate surface area is 113 Å². The third-order valence-electron chi connectivity index (χ3n) is 2.18. The normalized spacial score (nSPS) is 13.7. The van der Waals surface area contributed by atoms with Crippen molar-refractivity contribution in [3.63, 3.8) is 0 Å². The molecule has 18 heavy (non-hydrogen) atoms. The fraction of sp³-hybridized carbons (Fsp3) is 0.636. The highest BCUT2D eigenvalue weighted by molar-refractivity contribution is 7.90. The largest absolute Gasteiger partial charge is 0.366 e. The van der Waals surface area contributed by atoms with Gasteiger partial charge in [-0.25, -0.2) is 18.4 Å². The van der Waals surface area contributed by atoms with Crippen LogP contribution in [-0.2, 0) is 9.84 Å². The molecule has 1 aromatic rings. The highest BCUT2D eigenvalue weighted by atomic mass is 35.5. The van der Waals surface area contributed by atoms with E-state index in [1.807, 2.05) is 13.8 Å². The molecule has 1 rings (SSSR count). The lowest BCUT2D eigenvalue weighted by molar-refractivity contribution is 0.598. The molecule has 1 atom stereocenters. The van der Waals surface area contributed by atoms with Crippen LogP contribution in [0, 0.1) is 0 Å². The summed E-state index contributed by atoms with van der Waals surface area (Å²) < 4.78 is 22.4. The zero-order valence-corrected chi connectivity index (χ0v) is 12.5. The second-order valence-corrected chi connectivity index (χ2v) is 7.30. The maximum atomic E-state index is 11.2. The molecule has 0 amide bonds. The molecular weight excluding hydrogens is 274 g/mol. The van der Waals surface area contributed by atoms with Gasteiger partial charge < -0.3 is 5.32 Å². The van der Waals surface area contributed by atoms with E-state index < -0.39 is 9.84 Å². The monoisotopic (exact) mass is 291 g/mol. The summed E-state index contributed by atoms with van der Waals surface area (Å²) in [6.45, 7) is 5.72. The van der Waals surface area contributed by atoms with Crippen LogP contribution in [0.4, 0.5) is 5.82 Å². The van der Waals surface area contributed by atoms with Gasteiger partial charge in [0.2, 0.25) is 0 Å². The van der Waals surface area contributed by atoms with Gasteiger partial charge in [-0.15, -0.1) is 0 Å². The van der Waals surface area contributed by atoms with Crippen molar-refractivity contribution in [2.75, 3.05) is 17.3 Å².